The summed E-state index contributed by atoms with van der Waals surface area (Å²) in [6, 6.07) is 4.98. The van der Waals surface area contributed by atoms with E-state index in [4.69, 9.17) is 4.74 Å². The lowest BCUT2D eigenvalue weighted by atomic mass is 10.2. The van der Waals surface area contributed by atoms with Crippen LogP contribution in [-0.4, -0.2) is 24.7 Å². The summed E-state index contributed by atoms with van der Waals surface area (Å²) in [5, 5.41) is 13.8. The van der Waals surface area contributed by atoms with Gasteiger partial charge in [-0.3, -0.25) is 10.1 Å². The molecule has 1 aromatic rings. The van der Waals surface area contributed by atoms with E-state index in [0.717, 1.165) is 5.69 Å². The third-order valence-corrected chi connectivity index (χ3v) is 2.61. The summed E-state index contributed by atoms with van der Waals surface area (Å²) in [4.78, 5) is 10.2. The van der Waals surface area contributed by atoms with Crippen LogP contribution in [0.15, 0.2) is 22.7 Å². The standard InChI is InChI=1S/C10H13BrN2O3/c1-7(6-16-2)12-8-3-4-10(13(14)15)9(11)5-8/h3-5,7,12H,6H2,1-2H3. The van der Waals surface area contributed by atoms with Crippen LogP contribution in [0.1, 0.15) is 6.92 Å². The molecule has 1 atom stereocenters. The predicted octanol–water partition coefficient (Wildman–Crippen LogP) is 2.80. The highest BCUT2D eigenvalue weighted by Gasteiger charge is 2.12. The van der Waals surface area contributed by atoms with E-state index in [1.807, 2.05) is 6.92 Å². The quantitative estimate of drug-likeness (QED) is 0.668. The predicted molar refractivity (Wildman–Crippen MR) is 65.8 cm³/mol. The number of methoxy groups -OCH3 is 1. The number of nitrogens with zero attached hydrogens (tertiary/aromatic N) is 1. The van der Waals surface area contributed by atoms with Gasteiger partial charge in [0, 0.05) is 24.9 Å². The Morgan fingerprint density at radius 2 is 2.31 bits per heavy atom. The van der Waals surface area contributed by atoms with E-state index in [9.17, 15) is 10.1 Å². The van der Waals surface area contributed by atoms with Gasteiger partial charge in [-0.2, -0.15) is 0 Å². The molecule has 88 valence electrons. The Hall–Kier alpha value is -1.14. The Balaban J connectivity index is 2.77. The summed E-state index contributed by atoms with van der Waals surface area (Å²) < 4.78 is 5.45. The van der Waals surface area contributed by atoms with Gasteiger partial charge in [0.25, 0.3) is 5.69 Å². The summed E-state index contributed by atoms with van der Waals surface area (Å²) in [6.07, 6.45) is 0. The summed E-state index contributed by atoms with van der Waals surface area (Å²) >= 11 is 3.16. The second-order valence-electron chi connectivity index (χ2n) is 3.42. The molecule has 0 fully saturated rings. The first kappa shape index (κ1) is 12.9. The smallest absolute Gasteiger partial charge is 0.283 e. The summed E-state index contributed by atoms with van der Waals surface area (Å²) in [7, 11) is 1.63. The molecule has 1 N–H and O–H groups in total. The van der Waals surface area contributed by atoms with Crippen LogP contribution in [-0.2, 0) is 4.74 Å². The molecule has 0 bridgehead atoms. The SMILES string of the molecule is COCC(C)Nc1ccc([N+](=O)[O-])c(Br)c1. The van der Waals surface area contributed by atoms with Gasteiger partial charge in [0.15, 0.2) is 0 Å². The fourth-order valence-corrected chi connectivity index (χ4v) is 1.84. The Bertz CT molecular complexity index is 384. The minimum absolute atomic E-state index is 0.0601. The molecule has 0 saturated heterocycles. The highest BCUT2D eigenvalue weighted by Crippen LogP contribution is 2.27. The molecular weight excluding hydrogens is 276 g/mol. The largest absolute Gasteiger partial charge is 0.383 e. The van der Waals surface area contributed by atoms with Crippen molar-refractivity contribution in [1.29, 1.82) is 0 Å². The number of halogens is 1. The molecule has 1 unspecified atom stereocenters. The maximum absolute atomic E-state index is 10.6. The molecule has 5 nitrogen and oxygen atoms in total. The number of hydrogen-bond donors (Lipinski definition) is 1. The van der Waals surface area contributed by atoms with Crippen molar-refractivity contribution < 1.29 is 9.66 Å². The lowest BCUT2D eigenvalue weighted by molar-refractivity contribution is -0.385. The number of nitro groups is 1. The van der Waals surface area contributed by atoms with Crippen molar-refractivity contribution in [2.45, 2.75) is 13.0 Å². The Morgan fingerprint density at radius 3 is 2.81 bits per heavy atom. The Labute approximate surface area is 102 Å². The molecule has 0 saturated carbocycles. The van der Waals surface area contributed by atoms with Gasteiger partial charge in [0.2, 0.25) is 0 Å². The zero-order chi connectivity index (χ0) is 12.1. The van der Waals surface area contributed by atoms with Crippen LogP contribution >= 0.6 is 15.9 Å². The minimum atomic E-state index is -0.424. The van der Waals surface area contributed by atoms with Crippen LogP contribution in [0, 0.1) is 10.1 Å². The van der Waals surface area contributed by atoms with E-state index < -0.39 is 4.92 Å². The summed E-state index contributed by atoms with van der Waals surface area (Å²) in [6.45, 7) is 2.55. The molecule has 0 aromatic heterocycles. The van der Waals surface area contributed by atoms with E-state index in [-0.39, 0.29) is 11.7 Å². The van der Waals surface area contributed by atoms with Gasteiger partial charge in [0.1, 0.15) is 0 Å². The van der Waals surface area contributed by atoms with E-state index >= 15 is 0 Å². The molecule has 1 aromatic carbocycles. The molecule has 0 spiro atoms. The zero-order valence-corrected chi connectivity index (χ0v) is 10.7. The molecular formula is C10H13BrN2O3. The number of nitrogens with one attached hydrogen (secondary N) is 1. The average Bonchev–Trinajstić information content (AvgIpc) is 2.17. The van der Waals surface area contributed by atoms with Crippen molar-refractivity contribution in [3.05, 3.63) is 32.8 Å². The van der Waals surface area contributed by atoms with Crippen LogP contribution in [0.25, 0.3) is 0 Å². The fraction of sp³-hybridized carbons (Fsp3) is 0.400. The van der Waals surface area contributed by atoms with Crippen molar-refractivity contribution in [3.63, 3.8) is 0 Å². The summed E-state index contributed by atoms with van der Waals surface area (Å²) in [5.41, 5.74) is 0.881. The second kappa shape index (κ2) is 5.81. The van der Waals surface area contributed by atoms with Crippen LogP contribution in [0.5, 0.6) is 0 Å². The van der Waals surface area contributed by atoms with E-state index in [1.165, 1.54) is 6.07 Å². The lowest BCUT2D eigenvalue weighted by Crippen LogP contribution is -2.20. The van der Waals surface area contributed by atoms with Gasteiger partial charge < -0.3 is 10.1 Å². The van der Waals surface area contributed by atoms with Crippen molar-refractivity contribution in [1.82, 2.24) is 0 Å². The number of anilines is 1. The van der Waals surface area contributed by atoms with Crippen LogP contribution in [0.4, 0.5) is 11.4 Å². The highest BCUT2D eigenvalue weighted by atomic mass is 79.9. The number of hydrogen-bond acceptors (Lipinski definition) is 4. The van der Waals surface area contributed by atoms with Crippen LogP contribution in [0.3, 0.4) is 0 Å². The molecule has 0 aliphatic heterocycles. The molecule has 0 aliphatic rings. The van der Waals surface area contributed by atoms with E-state index in [2.05, 4.69) is 21.2 Å². The average molecular weight is 289 g/mol. The van der Waals surface area contributed by atoms with Crippen molar-refractivity contribution >= 4 is 27.3 Å². The van der Waals surface area contributed by atoms with Crippen molar-refractivity contribution in [2.75, 3.05) is 19.0 Å². The van der Waals surface area contributed by atoms with Gasteiger partial charge in [-0.15, -0.1) is 0 Å². The van der Waals surface area contributed by atoms with Gasteiger partial charge >= 0.3 is 0 Å². The van der Waals surface area contributed by atoms with E-state index in [1.54, 1.807) is 19.2 Å². The van der Waals surface area contributed by atoms with Crippen LogP contribution in [0.2, 0.25) is 0 Å². The number of rotatable bonds is 5. The number of benzene rings is 1. The highest BCUT2D eigenvalue weighted by molar-refractivity contribution is 9.10. The van der Waals surface area contributed by atoms with Gasteiger partial charge in [-0.25, -0.2) is 0 Å². The molecule has 0 amide bonds. The number of ether oxygens (including phenoxy) is 1. The minimum Gasteiger partial charge on any atom is -0.383 e. The lowest BCUT2D eigenvalue weighted by Gasteiger charge is -2.14. The molecule has 0 radical (unpaired) electrons. The second-order valence-corrected chi connectivity index (χ2v) is 4.28. The van der Waals surface area contributed by atoms with E-state index in [0.29, 0.717) is 11.1 Å². The normalized spacial score (nSPS) is 12.2. The monoisotopic (exact) mass is 288 g/mol. The number of nitro benzene ring substituents is 1. The molecule has 0 aliphatic carbocycles. The first-order valence-corrected chi connectivity index (χ1v) is 5.53. The van der Waals surface area contributed by atoms with Crippen LogP contribution < -0.4 is 5.32 Å². The topological polar surface area (TPSA) is 64.4 Å². The fourth-order valence-electron chi connectivity index (χ4n) is 1.32. The maximum atomic E-state index is 10.6. The third-order valence-electron chi connectivity index (χ3n) is 1.97. The maximum Gasteiger partial charge on any atom is 0.283 e. The van der Waals surface area contributed by atoms with Crippen molar-refractivity contribution in [2.24, 2.45) is 0 Å². The summed E-state index contributed by atoms with van der Waals surface area (Å²) in [5.74, 6) is 0. The van der Waals surface area contributed by atoms with Gasteiger partial charge in [-0.05, 0) is 35.0 Å². The van der Waals surface area contributed by atoms with Gasteiger partial charge in [-0.1, -0.05) is 0 Å². The van der Waals surface area contributed by atoms with Gasteiger partial charge in [0.05, 0.1) is 16.0 Å². The molecule has 6 heteroatoms. The zero-order valence-electron chi connectivity index (χ0n) is 9.07. The Kier molecular flexibility index (Phi) is 4.70. The first-order chi connectivity index (χ1) is 7.54. The molecule has 16 heavy (non-hydrogen) atoms. The third kappa shape index (κ3) is 3.46. The Morgan fingerprint density at radius 1 is 1.62 bits per heavy atom. The molecule has 1 rings (SSSR count). The van der Waals surface area contributed by atoms with Crippen molar-refractivity contribution in [3.8, 4) is 0 Å². The molecule has 0 heterocycles. The first-order valence-electron chi connectivity index (χ1n) is 4.74.